The normalized spacial score (nSPS) is 21.3. The van der Waals surface area contributed by atoms with E-state index < -0.39 is 10.0 Å². The van der Waals surface area contributed by atoms with E-state index in [2.05, 4.69) is 29.2 Å². The highest BCUT2D eigenvalue weighted by molar-refractivity contribution is 7.89. The minimum Gasteiger partial charge on any atom is -0.352 e. The fourth-order valence-corrected chi connectivity index (χ4v) is 4.44. The van der Waals surface area contributed by atoms with E-state index in [0.29, 0.717) is 11.4 Å². The predicted molar refractivity (Wildman–Crippen MR) is 111 cm³/mol. The van der Waals surface area contributed by atoms with Crippen LogP contribution in [0.15, 0.2) is 34.2 Å². The summed E-state index contributed by atoms with van der Waals surface area (Å²) in [5.41, 5.74) is 1.02. The van der Waals surface area contributed by atoms with Crippen LogP contribution < -0.4 is 5.32 Å². The summed E-state index contributed by atoms with van der Waals surface area (Å²) < 4.78 is 25.5. The number of hydrogen-bond acceptors (Lipinski definition) is 3. The number of benzene rings is 1. The molecule has 0 saturated heterocycles. The van der Waals surface area contributed by atoms with Crippen LogP contribution in [0.4, 0.5) is 0 Å². The van der Waals surface area contributed by atoms with Crippen LogP contribution in [-0.2, 0) is 16.6 Å². The maximum absolute atomic E-state index is 12.1. The number of rotatable bonds is 6. The van der Waals surface area contributed by atoms with Gasteiger partial charge in [0.2, 0.25) is 10.0 Å². The molecule has 2 rings (SSSR count). The lowest BCUT2D eigenvalue weighted by Gasteiger charge is -2.31. The molecule has 0 aliphatic heterocycles. The molecule has 0 bridgehead atoms. The molecule has 0 spiro atoms. The van der Waals surface area contributed by atoms with Crippen LogP contribution in [0.5, 0.6) is 0 Å². The van der Waals surface area contributed by atoms with Crippen LogP contribution in [-0.4, -0.2) is 58.3 Å². The molecule has 0 atom stereocenters. The van der Waals surface area contributed by atoms with Gasteiger partial charge in [-0.1, -0.05) is 31.9 Å². The third-order valence-electron chi connectivity index (χ3n) is 5.39. The zero-order chi connectivity index (χ0) is 20.0. The predicted octanol–water partition coefficient (Wildman–Crippen LogP) is 2.77. The van der Waals surface area contributed by atoms with Crippen molar-refractivity contribution in [2.75, 3.05) is 34.7 Å². The molecule has 1 N–H and O–H groups in total. The zero-order valence-corrected chi connectivity index (χ0v) is 18.1. The first-order valence-corrected chi connectivity index (χ1v) is 11.1. The van der Waals surface area contributed by atoms with Crippen molar-refractivity contribution >= 4 is 16.0 Å². The van der Waals surface area contributed by atoms with Gasteiger partial charge in [-0.2, -0.15) is 0 Å². The molecule has 7 heteroatoms. The van der Waals surface area contributed by atoms with Gasteiger partial charge in [0.05, 0.1) is 4.90 Å². The molecular formula is C20H34N4O2S. The Kier molecular flexibility index (Phi) is 7.68. The third kappa shape index (κ3) is 5.94. The summed E-state index contributed by atoms with van der Waals surface area (Å²) in [5, 5.41) is 3.38. The van der Waals surface area contributed by atoms with Crippen molar-refractivity contribution < 1.29 is 8.42 Å². The van der Waals surface area contributed by atoms with Gasteiger partial charge in [0.25, 0.3) is 0 Å². The smallest absolute Gasteiger partial charge is 0.242 e. The molecule has 1 aliphatic carbocycles. The number of aliphatic imine (C=N–C) groups is 1. The van der Waals surface area contributed by atoms with Crippen molar-refractivity contribution in [2.45, 2.75) is 44.0 Å². The molecule has 6 nitrogen and oxygen atoms in total. The van der Waals surface area contributed by atoms with E-state index in [4.69, 9.17) is 0 Å². The quantitative estimate of drug-likeness (QED) is 0.595. The summed E-state index contributed by atoms with van der Waals surface area (Å²) >= 11 is 0. The Hall–Kier alpha value is -1.60. The lowest BCUT2D eigenvalue weighted by atomic mass is 9.83. The van der Waals surface area contributed by atoms with Gasteiger partial charge in [0, 0.05) is 41.3 Å². The van der Waals surface area contributed by atoms with Gasteiger partial charge in [-0.25, -0.2) is 12.7 Å². The Morgan fingerprint density at radius 1 is 1.11 bits per heavy atom. The van der Waals surface area contributed by atoms with E-state index in [0.717, 1.165) is 29.9 Å². The minimum absolute atomic E-state index is 0.310. The van der Waals surface area contributed by atoms with Gasteiger partial charge < -0.3 is 10.2 Å². The molecule has 27 heavy (non-hydrogen) atoms. The second-order valence-electron chi connectivity index (χ2n) is 7.84. The highest BCUT2D eigenvalue weighted by Crippen LogP contribution is 2.28. The van der Waals surface area contributed by atoms with Crippen LogP contribution in [0.2, 0.25) is 0 Å². The van der Waals surface area contributed by atoms with E-state index in [1.54, 1.807) is 19.2 Å². The Labute approximate surface area is 164 Å². The minimum atomic E-state index is -3.38. The van der Waals surface area contributed by atoms with Crippen molar-refractivity contribution in [3.05, 3.63) is 29.8 Å². The first kappa shape index (κ1) is 21.7. The average molecular weight is 395 g/mol. The highest BCUT2D eigenvalue weighted by atomic mass is 32.2. The van der Waals surface area contributed by atoms with Gasteiger partial charge in [-0.15, -0.1) is 0 Å². The molecule has 0 amide bonds. The van der Waals surface area contributed by atoms with Crippen LogP contribution in [0.3, 0.4) is 0 Å². The maximum Gasteiger partial charge on any atom is 0.242 e. The van der Waals surface area contributed by atoms with Crippen LogP contribution >= 0.6 is 0 Å². The van der Waals surface area contributed by atoms with Crippen molar-refractivity contribution in [1.29, 1.82) is 0 Å². The van der Waals surface area contributed by atoms with Gasteiger partial charge in [-0.3, -0.25) is 4.99 Å². The van der Waals surface area contributed by atoms with Gasteiger partial charge in [0.15, 0.2) is 5.96 Å². The largest absolute Gasteiger partial charge is 0.352 e. The van der Waals surface area contributed by atoms with E-state index in [-0.39, 0.29) is 0 Å². The van der Waals surface area contributed by atoms with Gasteiger partial charge in [-0.05, 0) is 42.4 Å². The molecular weight excluding hydrogens is 360 g/mol. The number of nitrogens with one attached hydrogen (secondary N) is 1. The number of sulfonamides is 1. The van der Waals surface area contributed by atoms with Crippen LogP contribution in [0.25, 0.3) is 0 Å². The second kappa shape index (κ2) is 9.55. The summed E-state index contributed by atoms with van der Waals surface area (Å²) in [4.78, 5) is 6.90. The van der Waals surface area contributed by atoms with E-state index in [1.807, 2.05) is 12.1 Å². The molecule has 0 heterocycles. The standard InChI is InChI=1S/C20H34N4O2S/c1-16-6-8-18(9-7-16)15-24(5)20(21-2)22-14-17-10-12-19(13-11-17)27(25,26)23(3)4/h10-13,16,18H,6-9,14-15H2,1-5H3,(H,21,22). The third-order valence-corrected chi connectivity index (χ3v) is 7.22. The lowest BCUT2D eigenvalue weighted by Crippen LogP contribution is -2.41. The molecule has 0 unspecified atom stereocenters. The highest BCUT2D eigenvalue weighted by Gasteiger charge is 2.21. The topological polar surface area (TPSA) is 65.0 Å². The summed E-state index contributed by atoms with van der Waals surface area (Å²) in [7, 11) is 3.58. The average Bonchev–Trinajstić information content (AvgIpc) is 2.64. The van der Waals surface area contributed by atoms with Crippen molar-refractivity contribution in [3.8, 4) is 0 Å². The monoisotopic (exact) mass is 394 g/mol. The lowest BCUT2D eigenvalue weighted by molar-refractivity contribution is 0.250. The molecule has 0 radical (unpaired) electrons. The SMILES string of the molecule is CN=C(NCc1ccc(S(=O)(=O)N(C)C)cc1)N(C)CC1CCC(C)CC1. The van der Waals surface area contributed by atoms with E-state index in [1.165, 1.54) is 44.1 Å². The van der Waals surface area contributed by atoms with E-state index >= 15 is 0 Å². The molecule has 1 fully saturated rings. The van der Waals surface area contributed by atoms with Crippen molar-refractivity contribution in [1.82, 2.24) is 14.5 Å². The first-order chi connectivity index (χ1) is 12.7. The number of guanidine groups is 1. The van der Waals surface area contributed by atoms with Gasteiger partial charge >= 0.3 is 0 Å². The van der Waals surface area contributed by atoms with Crippen molar-refractivity contribution in [2.24, 2.45) is 16.8 Å². The number of nitrogens with zero attached hydrogens (tertiary/aromatic N) is 3. The number of hydrogen-bond donors (Lipinski definition) is 1. The molecule has 1 aliphatic rings. The Balaban J connectivity index is 1.90. The van der Waals surface area contributed by atoms with Crippen molar-refractivity contribution in [3.63, 3.8) is 0 Å². The summed E-state index contributed by atoms with van der Waals surface area (Å²) in [5.74, 6) is 2.47. The molecule has 152 valence electrons. The first-order valence-electron chi connectivity index (χ1n) is 9.67. The molecule has 1 aromatic rings. The molecule has 1 saturated carbocycles. The van der Waals surface area contributed by atoms with Crippen LogP contribution in [0.1, 0.15) is 38.2 Å². The zero-order valence-electron chi connectivity index (χ0n) is 17.3. The summed E-state index contributed by atoms with van der Waals surface area (Å²) in [6.45, 7) is 3.98. The fourth-order valence-electron chi connectivity index (χ4n) is 3.54. The Morgan fingerprint density at radius 2 is 1.70 bits per heavy atom. The second-order valence-corrected chi connectivity index (χ2v) is 9.99. The van der Waals surface area contributed by atoms with Crippen LogP contribution in [0, 0.1) is 11.8 Å². The Bertz CT molecular complexity index is 721. The molecule has 0 aromatic heterocycles. The summed E-state index contributed by atoms with van der Waals surface area (Å²) in [6, 6.07) is 7.00. The summed E-state index contributed by atoms with van der Waals surface area (Å²) in [6.07, 6.45) is 5.24. The maximum atomic E-state index is 12.1. The van der Waals surface area contributed by atoms with Gasteiger partial charge in [0.1, 0.15) is 0 Å². The van der Waals surface area contributed by atoms with E-state index in [9.17, 15) is 8.42 Å². The fraction of sp³-hybridized carbons (Fsp3) is 0.650. The Morgan fingerprint density at radius 3 is 2.22 bits per heavy atom. The molecule has 1 aromatic carbocycles.